The molecule has 8 heteroatoms. The number of aromatic nitrogens is 1. The largest absolute Gasteiger partial charge is 0.376 e. The van der Waals surface area contributed by atoms with E-state index < -0.39 is 0 Å². The minimum atomic E-state index is -0.270. The Morgan fingerprint density at radius 3 is 2.70 bits per heavy atom. The Kier molecular flexibility index (Phi) is 7.44. The van der Waals surface area contributed by atoms with Gasteiger partial charge in [-0.05, 0) is 30.5 Å². The molecule has 2 aromatic rings. The molecule has 1 aromatic carbocycles. The van der Waals surface area contributed by atoms with E-state index in [9.17, 15) is 9.59 Å². The maximum atomic E-state index is 12.4. The van der Waals surface area contributed by atoms with Crippen molar-refractivity contribution in [3.63, 3.8) is 0 Å². The fraction of sp³-hybridized carbons (Fsp3) is 0.500. The first-order valence-electron chi connectivity index (χ1n) is 10.3. The van der Waals surface area contributed by atoms with Crippen LogP contribution in [0, 0.1) is 0 Å². The summed E-state index contributed by atoms with van der Waals surface area (Å²) in [5.41, 5.74) is 2.29. The number of hydrogen-bond acceptors (Lipinski definition) is 5. The molecule has 0 spiro atoms. The van der Waals surface area contributed by atoms with Gasteiger partial charge in [0.15, 0.2) is 0 Å². The summed E-state index contributed by atoms with van der Waals surface area (Å²) < 4.78 is 5.53. The molecule has 0 bridgehead atoms. The van der Waals surface area contributed by atoms with Crippen molar-refractivity contribution in [3.8, 4) is 0 Å². The molecule has 0 saturated carbocycles. The van der Waals surface area contributed by atoms with Gasteiger partial charge in [0, 0.05) is 36.1 Å². The van der Waals surface area contributed by atoms with Crippen molar-refractivity contribution >= 4 is 23.3 Å². The Balaban J connectivity index is 1.43. The molecular formula is C22H30N4O3S. The van der Waals surface area contributed by atoms with Gasteiger partial charge in [-0.25, -0.2) is 9.78 Å². The van der Waals surface area contributed by atoms with Gasteiger partial charge in [0.05, 0.1) is 23.4 Å². The summed E-state index contributed by atoms with van der Waals surface area (Å²) in [5.74, 6) is -0.130. The lowest BCUT2D eigenvalue weighted by Gasteiger charge is -2.13. The van der Waals surface area contributed by atoms with E-state index >= 15 is 0 Å². The van der Waals surface area contributed by atoms with Crippen molar-refractivity contribution in [2.75, 3.05) is 13.2 Å². The maximum absolute atomic E-state index is 12.4. The van der Waals surface area contributed by atoms with Crippen LogP contribution in [-0.2, 0) is 23.2 Å². The van der Waals surface area contributed by atoms with Gasteiger partial charge >= 0.3 is 6.03 Å². The van der Waals surface area contributed by atoms with Gasteiger partial charge in [0.1, 0.15) is 0 Å². The molecule has 3 rings (SSSR count). The molecule has 2 heterocycles. The Morgan fingerprint density at radius 1 is 1.20 bits per heavy atom. The lowest BCUT2D eigenvalue weighted by molar-refractivity contribution is 0.0857. The molecule has 3 amide bonds. The number of carbonyl (C=O) groups is 2. The second kappa shape index (κ2) is 10.0. The van der Waals surface area contributed by atoms with Crippen LogP contribution in [0.3, 0.4) is 0 Å². The summed E-state index contributed by atoms with van der Waals surface area (Å²) in [4.78, 5) is 29.0. The van der Waals surface area contributed by atoms with E-state index in [1.165, 1.54) is 0 Å². The average molecular weight is 431 g/mol. The fourth-order valence-electron chi connectivity index (χ4n) is 3.08. The number of benzene rings is 1. The Hall–Kier alpha value is -2.45. The van der Waals surface area contributed by atoms with Crippen LogP contribution in [0.25, 0.3) is 0 Å². The number of ether oxygens (including phenoxy) is 1. The number of hydrogen-bond donors (Lipinski definition) is 3. The second-order valence-electron chi connectivity index (χ2n) is 8.48. The first kappa shape index (κ1) is 22.2. The molecular weight excluding hydrogens is 400 g/mol. The van der Waals surface area contributed by atoms with Crippen LogP contribution >= 0.6 is 11.3 Å². The number of carbonyl (C=O) groups excluding carboxylic acids is 2. The van der Waals surface area contributed by atoms with Crippen LogP contribution in [0.2, 0.25) is 0 Å². The highest BCUT2D eigenvalue weighted by Crippen LogP contribution is 2.25. The molecule has 30 heavy (non-hydrogen) atoms. The Labute approximate surface area is 181 Å². The van der Waals surface area contributed by atoms with Gasteiger partial charge in [0.2, 0.25) is 0 Å². The minimum Gasteiger partial charge on any atom is -0.376 e. The van der Waals surface area contributed by atoms with Crippen molar-refractivity contribution in [2.45, 2.75) is 58.2 Å². The molecule has 1 unspecified atom stereocenters. The SMILES string of the molecule is CC(C)(C)c1nc(CNC(=O)NCc2cccc(C(=O)NCC3CCCO3)c2)cs1. The van der Waals surface area contributed by atoms with Crippen LogP contribution in [0.4, 0.5) is 4.79 Å². The molecule has 7 nitrogen and oxygen atoms in total. The monoisotopic (exact) mass is 430 g/mol. The molecule has 162 valence electrons. The average Bonchev–Trinajstić information content (AvgIpc) is 3.40. The van der Waals surface area contributed by atoms with Crippen molar-refractivity contribution < 1.29 is 14.3 Å². The van der Waals surface area contributed by atoms with Gasteiger partial charge < -0.3 is 20.7 Å². The zero-order valence-corrected chi connectivity index (χ0v) is 18.6. The molecule has 1 aliphatic heterocycles. The third-order valence-corrected chi connectivity index (χ3v) is 6.10. The third-order valence-electron chi connectivity index (χ3n) is 4.78. The normalized spacial score (nSPS) is 16.3. The van der Waals surface area contributed by atoms with Gasteiger partial charge in [-0.1, -0.05) is 32.9 Å². The van der Waals surface area contributed by atoms with E-state index in [2.05, 4.69) is 41.7 Å². The van der Waals surface area contributed by atoms with E-state index in [1.54, 1.807) is 23.5 Å². The number of nitrogens with zero attached hydrogens (tertiary/aromatic N) is 1. The van der Waals surface area contributed by atoms with E-state index in [0.717, 1.165) is 35.7 Å². The minimum absolute atomic E-state index is 0.00656. The highest BCUT2D eigenvalue weighted by molar-refractivity contribution is 7.09. The van der Waals surface area contributed by atoms with Crippen LogP contribution < -0.4 is 16.0 Å². The predicted octanol–water partition coefficient (Wildman–Crippen LogP) is 3.35. The molecule has 1 saturated heterocycles. The van der Waals surface area contributed by atoms with E-state index in [-0.39, 0.29) is 23.5 Å². The Bertz CT molecular complexity index is 869. The molecule has 1 aromatic heterocycles. The highest BCUT2D eigenvalue weighted by Gasteiger charge is 2.18. The van der Waals surface area contributed by atoms with Crippen molar-refractivity contribution in [1.29, 1.82) is 0 Å². The number of rotatable bonds is 7. The van der Waals surface area contributed by atoms with E-state index in [1.807, 2.05) is 17.5 Å². The number of amides is 3. The van der Waals surface area contributed by atoms with Crippen LogP contribution in [0.5, 0.6) is 0 Å². The summed E-state index contributed by atoms with van der Waals surface area (Å²) in [5, 5.41) is 11.6. The van der Waals surface area contributed by atoms with Crippen molar-refractivity contribution in [1.82, 2.24) is 20.9 Å². The van der Waals surface area contributed by atoms with Gasteiger partial charge in [-0.15, -0.1) is 11.3 Å². The van der Waals surface area contributed by atoms with Crippen LogP contribution in [-0.4, -0.2) is 36.2 Å². The second-order valence-corrected chi connectivity index (χ2v) is 9.33. The molecule has 1 aliphatic rings. The van der Waals surface area contributed by atoms with Gasteiger partial charge in [-0.3, -0.25) is 4.79 Å². The number of urea groups is 1. The molecule has 1 atom stereocenters. The zero-order chi connectivity index (χ0) is 21.6. The Morgan fingerprint density at radius 2 is 2.00 bits per heavy atom. The topological polar surface area (TPSA) is 92.4 Å². The summed E-state index contributed by atoms with van der Waals surface area (Å²) in [6, 6.07) is 6.99. The summed E-state index contributed by atoms with van der Waals surface area (Å²) in [7, 11) is 0. The predicted molar refractivity (Wildman–Crippen MR) is 118 cm³/mol. The summed E-state index contributed by atoms with van der Waals surface area (Å²) in [6.07, 6.45) is 2.14. The quantitative estimate of drug-likeness (QED) is 0.628. The lowest BCUT2D eigenvalue weighted by atomic mass is 9.98. The van der Waals surface area contributed by atoms with Crippen LogP contribution in [0.15, 0.2) is 29.6 Å². The molecule has 1 fully saturated rings. The molecule has 0 aliphatic carbocycles. The highest BCUT2D eigenvalue weighted by atomic mass is 32.1. The third kappa shape index (κ3) is 6.53. The number of nitrogens with one attached hydrogen (secondary N) is 3. The van der Waals surface area contributed by atoms with Crippen molar-refractivity contribution in [2.24, 2.45) is 0 Å². The first-order valence-corrected chi connectivity index (χ1v) is 11.1. The van der Waals surface area contributed by atoms with Gasteiger partial charge in [0.25, 0.3) is 5.91 Å². The smallest absolute Gasteiger partial charge is 0.315 e. The van der Waals surface area contributed by atoms with Gasteiger partial charge in [-0.2, -0.15) is 0 Å². The lowest BCUT2D eigenvalue weighted by Crippen LogP contribution is -2.35. The first-order chi connectivity index (χ1) is 14.3. The fourth-order valence-corrected chi connectivity index (χ4v) is 3.99. The van der Waals surface area contributed by atoms with E-state index in [0.29, 0.717) is 25.2 Å². The number of thiazole rings is 1. The molecule has 3 N–H and O–H groups in total. The standard InChI is InChI=1S/C22H30N4O3S/c1-22(2,3)20-26-17(14-30-20)12-25-21(28)24-11-15-6-4-7-16(10-15)19(27)23-13-18-8-5-9-29-18/h4,6-7,10,14,18H,5,8-9,11-13H2,1-3H3,(H,23,27)(H2,24,25,28). The molecule has 0 radical (unpaired) electrons. The summed E-state index contributed by atoms with van der Waals surface area (Å²) in [6.45, 7) is 8.36. The zero-order valence-electron chi connectivity index (χ0n) is 17.8. The van der Waals surface area contributed by atoms with Crippen molar-refractivity contribution in [3.05, 3.63) is 51.5 Å². The van der Waals surface area contributed by atoms with Crippen LogP contribution in [0.1, 0.15) is 60.2 Å². The maximum Gasteiger partial charge on any atom is 0.315 e. The van der Waals surface area contributed by atoms with E-state index in [4.69, 9.17) is 4.74 Å². The summed E-state index contributed by atoms with van der Waals surface area (Å²) >= 11 is 1.61.